The van der Waals surface area contributed by atoms with Crippen LogP contribution in [0.5, 0.6) is 0 Å². The highest BCUT2D eigenvalue weighted by atomic mass is 19.1. The smallest absolute Gasteiger partial charge is 0.407 e. The number of pyridine rings is 1. The van der Waals surface area contributed by atoms with Gasteiger partial charge in [-0.05, 0) is 58.2 Å². The summed E-state index contributed by atoms with van der Waals surface area (Å²) in [7, 11) is 0. The number of aryl methyl sites for hydroxylation is 1. The number of aromatic carboxylic acids is 1. The van der Waals surface area contributed by atoms with Gasteiger partial charge in [-0.15, -0.1) is 5.10 Å². The van der Waals surface area contributed by atoms with Gasteiger partial charge < -0.3 is 25.8 Å². The van der Waals surface area contributed by atoms with E-state index < -0.39 is 35.7 Å². The lowest BCUT2D eigenvalue weighted by Gasteiger charge is -2.27. The first-order valence-corrected chi connectivity index (χ1v) is 12.2. The predicted octanol–water partition coefficient (Wildman–Crippen LogP) is 3.68. The number of anilines is 2. The molecule has 3 atom stereocenters. The van der Waals surface area contributed by atoms with Gasteiger partial charge in [0, 0.05) is 24.4 Å². The number of rotatable bonds is 7. The van der Waals surface area contributed by atoms with Crippen molar-refractivity contribution in [3.05, 3.63) is 47.2 Å². The van der Waals surface area contributed by atoms with Crippen molar-refractivity contribution in [1.82, 2.24) is 24.9 Å². The lowest BCUT2D eigenvalue weighted by molar-refractivity contribution is 0.0505. The van der Waals surface area contributed by atoms with Gasteiger partial charge in [0.2, 0.25) is 0 Å². The van der Waals surface area contributed by atoms with Crippen LogP contribution in [0.4, 0.5) is 25.2 Å². The van der Waals surface area contributed by atoms with Crippen molar-refractivity contribution in [2.45, 2.75) is 70.8 Å². The van der Waals surface area contributed by atoms with Crippen LogP contribution in [0.2, 0.25) is 0 Å². The molecular formula is C25H31F2N7O4. The van der Waals surface area contributed by atoms with Crippen molar-refractivity contribution >= 4 is 29.3 Å². The molecule has 13 heteroatoms. The quantitative estimate of drug-likeness (QED) is 0.415. The minimum absolute atomic E-state index is 0.0214. The summed E-state index contributed by atoms with van der Waals surface area (Å²) in [6.07, 6.45) is 1.79. The molecule has 3 aromatic heterocycles. The molecule has 4 rings (SSSR count). The van der Waals surface area contributed by atoms with Gasteiger partial charge >= 0.3 is 12.1 Å². The van der Waals surface area contributed by atoms with E-state index in [2.05, 4.69) is 20.4 Å². The number of nitrogens with two attached hydrogens (primary N) is 1. The monoisotopic (exact) mass is 531 g/mol. The van der Waals surface area contributed by atoms with Gasteiger partial charge in [0.25, 0.3) is 0 Å². The Morgan fingerprint density at radius 1 is 1.37 bits per heavy atom. The van der Waals surface area contributed by atoms with Crippen LogP contribution < -0.4 is 16.0 Å². The third kappa shape index (κ3) is 5.92. The number of halogens is 2. The molecule has 1 amide bonds. The number of nitrogen functional groups attached to an aromatic ring is 1. The number of aromatic nitrogens is 4. The van der Waals surface area contributed by atoms with E-state index in [1.54, 1.807) is 31.7 Å². The Morgan fingerprint density at radius 2 is 2.11 bits per heavy atom. The van der Waals surface area contributed by atoms with Crippen LogP contribution in [0.1, 0.15) is 68.2 Å². The summed E-state index contributed by atoms with van der Waals surface area (Å²) in [6, 6.07) is 2.06. The van der Waals surface area contributed by atoms with Gasteiger partial charge in [0.1, 0.15) is 29.0 Å². The lowest BCUT2D eigenvalue weighted by atomic mass is 9.98. The number of ether oxygens (including phenoxy) is 1. The molecule has 38 heavy (non-hydrogen) atoms. The molecule has 0 aliphatic carbocycles. The Balaban J connectivity index is 1.59. The van der Waals surface area contributed by atoms with Crippen LogP contribution >= 0.6 is 0 Å². The SMILES string of the molecule is C[C@H](CCc1ncc(F)cc1[C@H]1C[C@H](F)CN1c1ccn2nc(N)c(C(=O)O)c2n1)NC(=O)OC(C)(C)C. The Morgan fingerprint density at radius 3 is 2.79 bits per heavy atom. The maximum absolute atomic E-state index is 14.8. The second-order valence-electron chi connectivity index (χ2n) is 10.4. The number of fused-ring (bicyclic) bond motifs is 1. The van der Waals surface area contributed by atoms with Gasteiger partial charge in [-0.2, -0.15) is 0 Å². The van der Waals surface area contributed by atoms with E-state index in [1.807, 2.05) is 6.92 Å². The Labute approximate surface area is 218 Å². The molecule has 0 bridgehead atoms. The zero-order chi connectivity index (χ0) is 27.8. The van der Waals surface area contributed by atoms with Gasteiger partial charge in [0.05, 0.1) is 18.8 Å². The molecule has 3 aromatic rings. The number of hydrogen-bond acceptors (Lipinski definition) is 8. The highest BCUT2D eigenvalue weighted by Crippen LogP contribution is 2.38. The average Bonchev–Trinajstić information content (AvgIpc) is 3.35. The van der Waals surface area contributed by atoms with Crippen molar-refractivity contribution in [3.8, 4) is 0 Å². The van der Waals surface area contributed by atoms with Crippen LogP contribution in [0, 0.1) is 5.82 Å². The van der Waals surface area contributed by atoms with E-state index in [-0.39, 0.29) is 36.0 Å². The number of nitrogens with zero attached hydrogens (tertiary/aromatic N) is 5. The molecule has 0 unspecified atom stereocenters. The number of hydrogen-bond donors (Lipinski definition) is 3. The molecule has 0 radical (unpaired) electrons. The molecule has 204 valence electrons. The summed E-state index contributed by atoms with van der Waals surface area (Å²) in [5.74, 6) is -1.73. The van der Waals surface area contributed by atoms with Gasteiger partial charge in [0.15, 0.2) is 11.5 Å². The fourth-order valence-corrected chi connectivity index (χ4v) is 4.55. The van der Waals surface area contributed by atoms with E-state index in [1.165, 1.54) is 16.8 Å². The summed E-state index contributed by atoms with van der Waals surface area (Å²) in [5, 5.41) is 16.3. The summed E-state index contributed by atoms with van der Waals surface area (Å²) in [5.41, 5.74) is 5.95. The van der Waals surface area contributed by atoms with Crippen molar-refractivity contribution in [3.63, 3.8) is 0 Å². The minimum atomic E-state index is -1.28. The van der Waals surface area contributed by atoms with Gasteiger partial charge in [-0.3, -0.25) is 4.98 Å². The van der Waals surface area contributed by atoms with Crippen LogP contribution in [0.3, 0.4) is 0 Å². The van der Waals surface area contributed by atoms with Gasteiger partial charge in [-0.25, -0.2) is 27.9 Å². The van der Waals surface area contributed by atoms with Crippen molar-refractivity contribution < 1.29 is 28.2 Å². The van der Waals surface area contributed by atoms with E-state index >= 15 is 0 Å². The highest BCUT2D eigenvalue weighted by molar-refractivity contribution is 5.99. The highest BCUT2D eigenvalue weighted by Gasteiger charge is 2.36. The van der Waals surface area contributed by atoms with E-state index in [0.29, 0.717) is 29.9 Å². The number of alkyl carbamates (subject to hydrolysis) is 1. The summed E-state index contributed by atoms with van der Waals surface area (Å²) in [4.78, 5) is 34.1. The van der Waals surface area contributed by atoms with Crippen LogP contribution in [0.25, 0.3) is 5.65 Å². The molecule has 4 N–H and O–H groups in total. The lowest BCUT2D eigenvalue weighted by Crippen LogP contribution is -2.38. The molecule has 4 heterocycles. The summed E-state index contributed by atoms with van der Waals surface area (Å²) in [6.45, 7) is 7.12. The normalized spacial score (nSPS) is 18.5. The molecule has 1 aliphatic rings. The van der Waals surface area contributed by atoms with Crippen molar-refractivity contribution in [2.24, 2.45) is 0 Å². The second kappa shape index (κ2) is 10.4. The molecule has 0 saturated carbocycles. The Hall–Kier alpha value is -4.03. The number of amides is 1. The Bertz CT molecular complexity index is 1360. The molecular weight excluding hydrogens is 500 g/mol. The number of nitrogens with one attached hydrogen (secondary N) is 1. The molecule has 1 saturated heterocycles. The fourth-order valence-electron chi connectivity index (χ4n) is 4.55. The van der Waals surface area contributed by atoms with Gasteiger partial charge in [-0.1, -0.05) is 0 Å². The standard InChI is InChI=1S/C25H31F2N7O4/c1-13(30-24(37)38-25(2,3)4)5-6-17-16(9-14(26)11-29-17)18-10-15(27)12-33(18)19-7-8-34-22(31-19)20(23(35)36)21(28)32-34/h7-9,11,13,15,18H,5-6,10,12H2,1-4H3,(H2,28,32)(H,30,37)(H,35,36)/t13-,15+,18-/m1/s1. The third-order valence-electron chi connectivity index (χ3n) is 6.16. The first kappa shape index (κ1) is 27.0. The number of carboxylic acid groups (broad SMARTS) is 1. The minimum Gasteiger partial charge on any atom is -0.477 e. The van der Waals surface area contributed by atoms with Crippen LogP contribution in [0.15, 0.2) is 24.5 Å². The van der Waals surface area contributed by atoms with Crippen LogP contribution in [-0.4, -0.2) is 61.1 Å². The maximum atomic E-state index is 14.8. The second-order valence-corrected chi connectivity index (χ2v) is 10.4. The van der Waals surface area contributed by atoms with E-state index in [0.717, 1.165) is 6.20 Å². The van der Waals surface area contributed by atoms with Crippen molar-refractivity contribution in [1.29, 1.82) is 0 Å². The topological polar surface area (TPSA) is 148 Å². The molecule has 0 aromatic carbocycles. The maximum Gasteiger partial charge on any atom is 0.407 e. The number of carbonyl (C=O) groups excluding carboxylic acids is 1. The van der Waals surface area contributed by atoms with Crippen molar-refractivity contribution in [2.75, 3.05) is 17.2 Å². The molecule has 0 spiro atoms. The van der Waals surface area contributed by atoms with Crippen LogP contribution in [-0.2, 0) is 11.2 Å². The Kier molecular flexibility index (Phi) is 7.38. The summed E-state index contributed by atoms with van der Waals surface area (Å²) >= 11 is 0. The number of carbonyl (C=O) groups is 2. The van der Waals surface area contributed by atoms with E-state index in [4.69, 9.17) is 10.5 Å². The number of alkyl halides is 1. The summed E-state index contributed by atoms with van der Waals surface area (Å²) < 4.78 is 35.7. The third-order valence-corrected chi connectivity index (χ3v) is 6.16. The number of carboxylic acids is 1. The largest absolute Gasteiger partial charge is 0.477 e. The van der Waals surface area contributed by atoms with E-state index in [9.17, 15) is 23.5 Å². The zero-order valence-electron chi connectivity index (χ0n) is 21.6. The first-order chi connectivity index (χ1) is 17.8. The first-order valence-electron chi connectivity index (χ1n) is 12.2. The average molecular weight is 532 g/mol. The molecule has 11 nitrogen and oxygen atoms in total. The fraction of sp³-hybridized carbons (Fsp3) is 0.480. The predicted molar refractivity (Wildman–Crippen MR) is 135 cm³/mol. The molecule has 1 aliphatic heterocycles. The molecule has 1 fully saturated rings. The zero-order valence-corrected chi connectivity index (χ0v) is 21.6.